The average molecular weight is 426 g/mol. The molecule has 0 aromatic carbocycles. The number of aryl methyl sites for hydroxylation is 2. The molecule has 2 aliphatic heterocycles. The van der Waals surface area contributed by atoms with Crippen LogP contribution in [0.4, 0.5) is 5.82 Å². The van der Waals surface area contributed by atoms with Crippen LogP contribution in [0.25, 0.3) is 10.2 Å². The zero-order valence-electron chi connectivity index (χ0n) is 18.6. The highest BCUT2D eigenvalue weighted by molar-refractivity contribution is 7.18. The third-order valence-corrected chi connectivity index (χ3v) is 7.72. The van der Waals surface area contributed by atoms with Gasteiger partial charge in [-0.1, -0.05) is 13.8 Å². The zero-order chi connectivity index (χ0) is 21.0. The van der Waals surface area contributed by atoms with Gasteiger partial charge in [-0.15, -0.1) is 21.5 Å². The second kappa shape index (κ2) is 7.57. The van der Waals surface area contributed by atoms with E-state index in [4.69, 9.17) is 9.97 Å². The number of rotatable bonds is 4. The van der Waals surface area contributed by atoms with Gasteiger partial charge in [0.05, 0.1) is 18.0 Å². The molecule has 5 rings (SSSR count). The van der Waals surface area contributed by atoms with E-state index in [0.29, 0.717) is 5.92 Å². The van der Waals surface area contributed by atoms with E-state index in [1.54, 1.807) is 11.3 Å². The first-order chi connectivity index (χ1) is 14.4. The molecule has 0 amide bonds. The Morgan fingerprint density at radius 2 is 1.80 bits per heavy atom. The molecular formula is C22H31N7S. The summed E-state index contributed by atoms with van der Waals surface area (Å²) in [7, 11) is 0. The lowest BCUT2D eigenvalue weighted by Gasteiger charge is -2.35. The van der Waals surface area contributed by atoms with Crippen molar-refractivity contribution in [2.24, 2.45) is 0 Å². The average Bonchev–Trinajstić information content (AvgIpc) is 3.42. The van der Waals surface area contributed by atoms with Gasteiger partial charge in [0, 0.05) is 23.9 Å². The lowest BCUT2D eigenvalue weighted by Crippen LogP contribution is -2.38. The Labute approximate surface area is 182 Å². The van der Waals surface area contributed by atoms with Crippen LogP contribution >= 0.6 is 11.3 Å². The molecule has 1 atom stereocenters. The first-order valence-electron chi connectivity index (χ1n) is 11.1. The summed E-state index contributed by atoms with van der Waals surface area (Å²) in [5, 5.41) is 10.3. The fourth-order valence-electron chi connectivity index (χ4n) is 4.81. The summed E-state index contributed by atoms with van der Waals surface area (Å²) >= 11 is 1.79. The smallest absolute Gasteiger partial charge is 0.155 e. The number of nitrogens with zero attached hydrogens (tertiary/aromatic N) is 7. The molecule has 7 nitrogen and oxygen atoms in total. The van der Waals surface area contributed by atoms with Crippen LogP contribution in [-0.2, 0) is 13.1 Å². The van der Waals surface area contributed by atoms with Crippen molar-refractivity contribution >= 4 is 27.4 Å². The topological polar surface area (TPSA) is 63.0 Å². The summed E-state index contributed by atoms with van der Waals surface area (Å²) in [6.45, 7) is 16.0. The first-order valence-corrected chi connectivity index (χ1v) is 11.9. The molecule has 2 aliphatic rings. The maximum atomic E-state index is 5.15. The summed E-state index contributed by atoms with van der Waals surface area (Å²) in [4.78, 5) is 17.5. The number of hydrogen-bond acceptors (Lipinski definition) is 7. The Bertz CT molecular complexity index is 1080. The van der Waals surface area contributed by atoms with Crippen molar-refractivity contribution < 1.29 is 0 Å². The minimum atomic E-state index is 0.135. The Morgan fingerprint density at radius 3 is 2.53 bits per heavy atom. The van der Waals surface area contributed by atoms with Crippen LogP contribution in [0.5, 0.6) is 0 Å². The van der Waals surface area contributed by atoms with Gasteiger partial charge in [-0.2, -0.15) is 0 Å². The Balaban J connectivity index is 1.58. The van der Waals surface area contributed by atoms with E-state index in [0.717, 1.165) is 60.8 Å². The van der Waals surface area contributed by atoms with Gasteiger partial charge in [-0.05, 0) is 52.3 Å². The maximum absolute atomic E-state index is 5.15. The monoisotopic (exact) mass is 425 g/mol. The van der Waals surface area contributed by atoms with Crippen LogP contribution in [0.15, 0.2) is 0 Å². The van der Waals surface area contributed by atoms with E-state index in [1.807, 2.05) is 0 Å². The molecule has 0 radical (unpaired) electrons. The van der Waals surface area contributed by atoms with Gasteiger partial charge >= 0.3 is 0 Å². The largest absolute Gasteiger partial charge is 0.344 e. The van der Waals surface area contributed by atoms with Crippen molar-refractivity contribution in [2.45, 2.75) is 72.5 Å². The lowest BCUT2D eigenvalue weighted by molar-refractivity contribution is 0.323. The van der Waals surface area contributed by atoms with E-state index >= 15 is 0 Å². The molecule has 1 saturated heterocycles. The van der Waals surface area contributed by atoms with E-state index in [-0.39, 0.29) is 6.04 Å². The van der Waals surface area contributed by atoms with Gasteiger partial charge in [-0.3, -0.25) is 4.90 Å². The van der Waals surface area contributed by atoms with Crippen molar-refractivity contribution in [2.75, 3.05) is 24.5 Å². The van der Waals surface area contributed by atoms with Crippen molar-refractivity contribution in [3.05, 3.63) is 27.9 Å². The molecule has 5 heterocycles. The van der Waals surface area contributed by atoms with Gasteiger partial charge in [0.2, 0.25) is 0 Å². The number of aromatic nitrogens is 5. The molecule has 30 heavy (non-hydrogen) atoms. The number of thiophene rings is 1. The fourth-order valence-corrected chi connectivity index (χ4v) is 5.86. The predicted molar refractivity (Wildman–Crippen MR) is 121 cm³/mol. The molecule has 0 N–H and O–H groups in total. The molecule has 1 fully saturated rings. The van der Waals surface area contributed by atoms with Gasteiger partial charge < -0.3 is 9.47 Å². The maximum Gasteiger partial charge on any atom is 0.155 e. The summed E-state index contributed by atoms with van der Waals surface area (Å²) in [5.41, 5.74) is 1.31. The van der Waals surface area contributed by atoms with E-state index in [1.165, 1.54) is 28.7 Å². The fraction of sp³-hybridized carbons (Fsp3) is 0.636. The highest BCUT2D eigenvalue weighted by Gasteiger charge is 2.32. The SMILES string of the molecule is Cc1sc2nc(CN3CCCC3)nc(N3CCn4c(C(C)C)nnc4C3C)c2c1C. The lowest BCUT2D eigenvalue weighted by atomic mass is 10.1. The van der Waals surface area contributed by atoms with Gasteiger partial charge in [0.15, 0.2) is 5.82 Å². The summed E-state index contributed by atoms with van der Waals surface area (Å²) in [6.07, 6.45) is 2.56. The van der Waals surface area contributed by atoms with Crippen LogP contribution in [0.1, 0.15) is 73.5 Å². The van der Waals surface area contributed by atoms with Gasteiger partial charge in [-0.25, -0.2) is 9.97 Å². The summed E-state index contributed by atoms with van der Waals surface area (Å²) in [6, 6.07) is 0.135. The summed E-state index contributed by atoms with van der Waals surface area (Å²) < 4.78 is 2.31. The number of anilines is 1. The number of hydrogen-bond donors (Lipinski definition) is 0. The highest BCUT2D eigenvalue weighted by Crippen LogP contribution is 2.39. The minimum Gasteiger partial charge on any atom is -0.344 e. The van der Waals surface area contributed by atoms with E-state index in [2.05, 4.69) is 59.2 Å². The van der Waals surface area contributed by atoms with Gasteiger partial charge in [0.25, 0.3) is 0 Å². The molecule has 0 saturated carbocycles. The number of fused-ring (bicyclic) bond motifs is 2. The van der Waals surface area contributed by atoms with Crippen molar-refractivity contribution in [1.82, 2.24) is 29.6 Å². The minimum absolute atomic E-state index is 0.135. The third-order valence-electron chi connectivity index (χ3n) is 6.62. The third kappa shape index (κ3) is 3.21. The zero-order valence-corrected chi connectivity index (χ0v) is 19.5. The van der Waals surface area contributed by atoms with Crippen molar-refractivity contribution in [3.63, 3.8) is 0 Å². The highest BCUT2D eigenvalue weighted by atomic mass is 32.1. The van der Waals surface area contributed by atoms with E-state index in [9.17, 15) is 0 Å². The summed E-state index contributed by atoms with van der Waals surface area (Å²) in [5.74, 6) is 4.53. The standard InChI is InChI=1S/C22H31N7S/c1-13(2)19-25-26-20-15(4)28(10-11-29(19)20)21-18-14(3)16(5)30-22(18)24-17(23-21)12-27-8-6-7-9-27/h13,15H,6-12H2,1-5H3. The molecule has 0 bridgehead atoms. The van der Waals surface area contributed by atoms with Crippen LogP contribution in [0.3, 0.4) is 0 Å². The number of likely N-dealkylation sites (tertiary alicyclic amines) is 1. The van der Waals surface area contributed by atoms with Crippen LogP contribution in [0, 0.1) is 13.8 Å². The van der Waals surface area contributed by atoms with Crippen molar-refractivity contribution in [1.29, 1.82) is 0 Å². The molecular weight excluding hydrogens is 394 g/mol. The Hall–Kier alpha value is -2.06. The molecule has 0 aliphatic carbocycles. The molecule has 8 heteroatoms. The second-order valence-electron chi connectivity index (χ2n) is 9.00. The molecule has 1 unspecified atom stereocenters. The van der Waals surface area contributed by atoms with Gasteiger partial charge in [0.1, 0.15) is 22.3 Å². The molecule has 3 aromatic heterocycles. The Kier molecular flexibility index (Phi) is 5.01. The molecule has 3 aromatic rings. The molecule has 160 valence electrons. The normalized spacial score (nSPS) is 19.9. The van der Waals surface area contributed by atoms with Crippen LogP contribution in [0.2, 0.25) is 0 Å². The van der Waals surface area contributed by atoms with Crippen LogP contribution in [-0.4, -0.2) is 49.3 Å². The molecule has 0 spiro atoms. The van der Waals surface area contributed by atoms with Crippen LogP contribution < -0.4 is 4.90 Å². The predicted octanol–water partition coefficient (Wildman–Crippen LogP) is 4.20. The van der Waals surface area contributed by atoms with E-state index < -0.39 is 0 Å². The van der Waals surface area contributed by atoms with Crippen molar-refractivity contribution in [3.8, 4) is 0 Å². The second-order valence-corrected chi connectivity index (χ2v) is 10.2. The first kappa shape index (κ1) is 19.9. The quantitative estimate of drug-likeness (QED) is 0.624. The Morgan fingerprint density at radius 1 is 1.03 bits per heavy atom.